The van der Waals surface area contributed by atoms with Gasteiger partial charge in [-0.05, 0) is 42.0 Å². The van der Waals surface area contributed by atoms with Gasteiger partial charge in [0.2, 0.25) is 5.91 Å². The van der Waals surface area contributed by atoms with E-state index < -0.39 is 6.04 Å². The molecule has 0 aliphatic heterocycles. The molecule has 1 unspecified atom stereocenters. The van der Waals surface area contributed by atoms with Gasteiger partial charge in [0.1, 0.15) is 6.04 Å². The van der Waals surface area contributed by atoms with Crippen molar-refractivity contribution < 1.29 is 9.59 Å². The number of nitrogens with one attached hydrogen (secondary N) is 2. The van der Waals surface area contributed by atoms with Crippen LogP contribution in [-0.2, 0) is 11.2 Å². The first-order valence-electron chi connectivity index (χ1n) is 10.00. The fourth-order valence-electron chi connectivity index (χ4n) is 3.27. The van der Waals surface area contributed by atoms with E-state index in [-0.39, 0.29) is 11.8 Å². The van der Waals surface area contributed by atoms with Crippen molar-refractivity contribution in [1.82, 2.24) is 15.1 Å². The van der Waals surface area contributed by atoms with Gasteiger partial charge in [-0.15, -0.1) is 0 Å². The molecule has 0 aliphatic rings. The molecular formula is C25H22N4O2. The molecule has 0 saturated carbocycles. The Bertz CT molecular complexity index is 1140. The average molecular weight is 410 g/mol. The molecule has 0 spiro atoms. The van der Waals surface area contributed by atoms with Crippen LogP contribution in [0.25, 0.3) is 5.69 Å². The summed E-state index contributed by atoms with van der Waals surface area (Å²) in [5, 5.41) is 10.0. The molecule has 4 aromatic rings. The highest BCUT2D eigenvalue weighted by atomic mass is 16.2. The molecule has 0 radical (unpaired) electrons. The lowest BCUT2D eigenvalue weighted by atomic mass is 10.0. The normalized spacial score (nSPS) is 11.5. The third-order valence-corrected chi connectivity index (χ3v) is 4.82. The minimum atomic E-state index is -0.733. The molecule has 0 saturated heterocycles. The number of hydrogen-bond donors (Lipinski definition) is 2. The Morgan fingerprint density at radius 1 is 0.871 bits per heavy atom. The summed E-state index contributed by atoms with van der Waals surface area (Å²) in [6, 6.07) is 27.0. The third kappa shape index (κ3) is 5.25. The largest absolute Gasteiger partial charge is 0.340 e. The number of nitrogens with zero attached hydrogens (tertiary/aromatic N) is 2. The van der Waals surface area contributed by atoms with Gasteiger partial charge in [-0.2, -0.15) is 5.10 Å². The molecule has 1 heterocycles. The molecule has 0 bridgehead atoms. The number of rotatable bonds is 7. The van der Waals surface area contributed by atoms with Gasteiger partial charge >= 0.3 is 0 Å². The zero-order valence-corrected chi connectivity index (χ0v) is 16.8. The van der Waals surface area contributed by atoms with Crippen LogP contribution >= 0.6 is 0 Å². The summed E-state index contributed by atoms with van der Waals surface area (Å²) >= 11 is 0. The second-order valence-corrected chi connectivity index (χ2v) is 7.07. The summed E-state index contributed by atoms with van der Waals surface area (Å²) in [6.07, 6.45) is 3.91. The lowest BCUT2D eigenvalue weighted by molar-refractivity contribution is -0.118. The van der Waals surface area contributed by atoms with Crippen molar-refractivity contribution >= 4 is 17.5 Å². The number of anilines is 1. The van der Waals surface area contributed by atoms with Crippen LogP contribution in [0.15, 0.2) is 103 Å². The first-order chi connectivity index (χ1) is 15.2. The maximum atomic E-state index is 13.1. The highest BCUT2D eigenvalue weighted by molar-refractivity contribution is 6.01. The third-order valence-electron chi connectivity index (χ3n) is 4.82. The van der Waals surface area contributed by atoms with E-state index in [1.165, 1.54) is 0 Å². The van der Waals surface area contributed by atoms with Crippen LogP contribution in [0.5, 0.6) is 0 Å². The first-order valence-corrected chi connectivity index (χ1v) is 10.00. The van der Waals surface area contributed by atoms with E-state index in [4.69, 9.17) is 0 Å². The molecule has 3 aromatic carbocycles. The van der Waals surface area contributed by atoms with Crippen molar-refractivity contribution in [3.63, 3.8) is 0 Å². The van der Waals surface area contributed by atoms with E-state index in [0.717, 1.165) is 11.3 Å². The maximum Gasteiger partial charge on any atom is 0.251 e. The molecular weight excluding hydrogens is 388 g/mol. The smallest absolute Gasteiger partial charge is 0.251 e. The first kappa shape index (κ1) is 20.1. The second-order valence-electron chi connectivity index (χ2n) is 7.07. The van der Waals surface area contributed by atoms with Crippen molar-refractivity contribution in [2.24, 2.45) is 0 Å². The van der Waals surface area contributed by atoms with Crippen molar-refractivity contribution in [2.75, 3.05) is 5.32 Å². The highest BCUT2D eigenvalue weighted by Crippen LogP contribution is 2.15. The number of aromatic nitrogens is 2. The van der Waals surface area contributed by atoms with Crippen LogP contribution in [0.1, 0.15) is 15.9 Å². The van der Waals surface area contributed by atoms with E-state index in [2.05, 4.69) is 15.7 Å². The summed E-state index contributed by atoms with van der Waals surface area (Å²) in [5.41, 5.74) is 2.93. The fraction of sp³-hybridized carbons (Fsp3) is 0.0800. The van der Waals surface area contributed by atoms with E-state index >= 15 is 0 Å². The Labute approximate surface area is 180 Å². The Balaban J connectivity index is 1.53. The van der Waals surface area contributed by atoms with Crippen molar-refractivity contribution in [3.8, 4) is 5.69 Å². The van der Waals surface area contributed by atoms with Gasteiger partial charge in [-0.3, -0.25) is 9.59 Å². The van der Waals surface area contributed by atoms with Crippen LogP contribution in [0.2, 0.25) is 0 Å². The monoisotopic (exact) mass is 410 g/mol. The minimum Gasteiger partial charge on any atom is -0.340 e. The molecule has 1 atom stereocenters. The van der Waals surface area contributed by atoms with E-state index in [9.17, 15) is 9.59 Å². The molecule has 4 rings (SSSR count). The molecule has 2 amide bonds. The van der Waals surface area contributed by atoms with Gasteiger partial charge in [-0.25, -0.2) is 4.68 Å². The molecule has 6 nitrogen and oxygen atoms in total. The average Bonchev–Trinajstić information content (AvgIpc) is 3.35. The number of hydrogen-bond acceptors (Lipinski definition) is 3. The van der Waals surface area contributed by atoms with Gasteiger partial charge in [-0.1, -0.05) is 54.6 Å². The van der Waals surface area contributed by atoms with Crippen LogP contribution < -0.4 is 10.6 Å². The minimum absolute atomic E-state index is 0.286. The van der Waals surface area contributed by atoms with Gasteiger partial charge < -0.3 is 10.6 Å². The van der Waals surface area contributed by atoms with Gasteiger partial charge in [0.15, 0.2) is 0 Å². The Morgan fingerprint density at radius 3 is 2.32 bits per heavy atom. The summed E-state index contributed by atoms with van der Waals surface area (Å²) in [5.74, 6) is -0.576. The standard InChI is InChI=1S/C25H22N4O2/c30-24(20-11-5-2-6-12-20)28-23(17-19-9-3-1-4-10-19)25(31)27-21-13-7-14-22(18-21)29-16-8-15-26-29/h1-16,18,23H,17H2,(H,27,31)(H,28,30). The van der Waals surface area contributed by atoms with E-state index in [0.29, 0.717) is 17.7 Å². The lowest BCUT2D eigenvalue weighted by Crippen LogP contribution is -2.45. The Hall–Kier alpha value is -4.19. The van der Waals surface area contributed by atoms with Gasteiger partial charge in [0.05, 0.1) is 5.69 Å². The van der Waals surface area contributed by atoms with Crippen molar-refractivity contribution in [2.45, 2.75) is 12.5 Å². The predicted molar refractivity (Wildman–Crippen MR) is 120 cm³/mol. The Morgan fingerprint density at radius 2 is 1.61 bits per heavy atom. The van der Waals surface area contributed by atoms with Gasteiger partial charge in [0.25, 0.3) is 5.91 Å². The van der Waals surface area contributed by atoms with E-state index in [1.54, 1.807) is 35.1 Å². The molecule has 154 valence electrons. The van der Waals surface area contributed by atoms with E-state index in [1.807, 2.05) is 72.9 Å². The fourth-order valence-corrected chi connectivity index (χ4v) is 3.27. The highest BCUT2D eigenvalue weighted by Gasteiger charge is 2.22. The molecule has 2 N–H and O–H groups in total. The van der Waals surface area contributed by atoms with Crippen molar-refractivity contribution in [3.05, 3.63) is 115 Å². The zero-order chi connectivity index (χ0) is 21.5. The number of carbonyl (C=O) groups is 2. The summed E-state index contributed by atoms with van der Waals surface area (Å²) in [4.78, 5) is 25.8. The topological polar surface area (TPSA) is 76.0 Å². The summed E-state index contributed by atoms with van der Waals surface area (Å²) < 4.78 is 1.72. The molecule has 6 heteroatoms. The number of amides is 2. The van der Waals surface area contributed by atoms with Crippen LogP contribution in [0.4, 0.5) is 5.69 Å². The van der Waals surface area contributed by atoms with Gasteiger partial charge in [0, 0.05) is 30.1 Å². The molecule has 0 aliphatic carbocycles. The second kappa shape index (κ2) is 9.54. The molecule has 1 aromatic heterocycles. The van der Waals surface area contributed by atoms with Crippen molar-refractivity contribution in [1.29, 1.82) is 0 Å². The van der Waals surface area contributed by atoms with Crippen LogP contribution in [-0.4, -0.2) is 27.6 Å². The maximum absolute atomic E-state index is 13.1. The summed E-state index contributed by atoms with van der Waals surface area (Å²) in [6.45, 7) is 0. The number of benzene rings is 3. The lowest BCUT2D eigenvalue weighted by Gasteiger charge is -2.19. The summed E-state index contributed by atoms with van der Waals surface area (Å²) in [7, 11) is 0. The quantitative estimate of drug-likeness (QED) is 0.486. The Kier molecular flexibility index (Phi) is 6.18. The molecule has 0 fully saturated rings. The van der Waals surface area contributed by atoms with Crippen LogP contribution in [0, 0.1) is 0 Å². The predicted octanol–water partition coefficient (Wildman–Crippen LogP) is 3.85. The zero-order valence-electron chi connectivity index (χ0n) is 16.8. The SMILES string of the molecule is O=C(NC(Cc1ccccc1)C(=O)Nc1cccc(-n2cccn2)c1)c1ccccc1. The number of carbonyl (C=O) groups excluding carboxylic acids is 2. The molecule has 31 heavy (non-hydrogen) atoms. The van der Waals surface area contributed by atoms with Crippen LogP contribution in [0.3, 0.4) is 0 Å².